The number of nitrogens with one attached hydrogen (secondary N) is 2. The van der Waals surface area contributed by atoms with Crippen LogP contribution in [0.3, 0.4) is 0 Å². The number of rotatable bonds is 1. The van der Waals surface area contributed by atoms with E-state index in [1.165, 1.54) is 0 Å². The van der Waals surface area contributed by atoms with Crippen LogP contribution in [-0.2, 0) is 10.2 Å². The van der Waals surface area contributed by atoms with Crippen LogP contribution in [0.1, 0.15) is 12.0 Å². The molecular weight excluding hydrogens is 204 g/mol. The Bertz CT molecular complexity index is 450. The second-order valence-electron chi connectivity index (χ2n) is 4.37. The normalized spacial score (nSPS) is 26.9. The van der Waals surface area contributed by atoms with Crippen molar-refractivity contribution in [2.45, 2.75) is 11.8 Å². The van der Waals surface area contributed by atoms with Crippen molar-refractivity contribution < 1.29 is 9.53 Å². The van der Waals surface area contributed by atoms with Gasteiger partial charge in [0, 0.05) is 12.2 Å². The number of benzene rings is 1. The van der Waals surface area contributed by atoms with Crippen LogP contribution in [0.15, 0.2) is 18.2 Å². The molecule has 2 heterocycles. The van der Waals surface area contributed by atoms with Gasteiger partial charge < -0.3 is 15.4 Å². The molecule has 16 heavy (non-hydrogen) atoms. The predicted molar refractivity (Wildman–Crippen MR) is 60.8 cm³/mol. The molecule has 0 aromatic heterocycles. The number of carbonyl (C=O) groups is 1. The molecule has 4 nitrogen and oxygen atoms in total. The summed E-state index contributed by atoms with van der Waals surface area (Å²) in [5.74, 6) is 0.919. The minimum absolute atomic E-state index is 0.112. The van der Waals surface area contributed by atoms with Crippen molar-refractivity contribution in [2.75, 3.05) is 25.5 Å². The van der Waals surface area contributed by atoms with Crippen LogP contribution < -0.4 is 15.4 Å². The molecule has 2 aliphatic rings. The lowest BCUT2D eigenvalue weighted by atomic mass is 9.81. The highest BCUT2D eigenvalue weighted by Crippen LogP contribution is 2.43. The highest BCUT2D eigenvalue weighted by atomic mass is 16.5. The fourth-order valence-corrected chi connectivity index (χ4v) is 2.64. The van der Waals surface area contributed by atoms with Gasteiger partial charge in [-0.05, 0) is 36.7 Å². The lowest BCUT2D eigenvalue weighted by Gasteiger charge is -2.19. The van der Waals surface area contributed by atoms with Gasteiger partial charge in [0.1, 0.15) is 5.75 Å². The summed E-state index contributed by atoms with van der Waals surface area (Å²) in [6, 6.07) is 5.76. The maximum Gasteiger partial charge on any atom is 0.236 e. The first-order valence-corrected chi connectivity index (χ1v) is 5.47. The van der Waals surface area contributed by atoms with Crippen LogP contribution in [0.2, 0.25) is 0 Å². The number of amides is 1. The summed E-state index contributed by atoms with van der Waals surface area (Å²) in [7, 11) is 1.64. The zero-order valence-corrected chi connectivity index (χ0v) is 9.17. The minimum atomic E-state index is -0.371. The zero-order chi connectivity index (χ0) is 11.2. The molecule has 0 bridgehead atoms. The predicted octanol–water partition coefficient (Wildman–Crippen LogP) is 0.878. The van der Waals surface area contributed by atoms with Crippen molar-refractivity contribution in [1.82, 2.24) is 5.32 Å². The molecule has 1 atom stereocenters. The SMILES string of the molecule is COc1ccc2c(c1)[C@]1(CCNC1)C(=O)N2. The van der Waals surface area contributed by atoms with Gasteiger partial charge in [0.05, 0.1) is 12.5 Å². The number of carbonyl (C=O) groups excluding carboxylic acids is 1. The van der Waals surface area contributed by atoms with E-state index in [-0.39, 0.29) is 11.3 Å². The van der Waals surface area contributed by atoms with Crippen LogP contribution in [0.5, 0.6) is 5.75 Å². The highest BCUT2D eigenvalue weighted by molar-refractivity contribution is 6.06. The number of anilines is 1. The molecule has 0 radical (unpaired) electrons. The lowest BCUT2D eigenvalue weighted by molar-refractivity contribution is -0.120. The molecule has 1 fully saturated rings. The molecule has 1 amide bonds. The van der Waals surface area contributed by atoms with Gasteiger partial charge in [-0.2, -0.15) is 0 Å². The fraction of sp³-hybridized carbons (Fsp3) is 0.417. The molecule has 1 saturated heterocycles. The minimum Gasteiger partial charge on any atom is -0.497 e. The van der Waals surface area contributed by atoms with Gasteiger partial charge in [0.15, 0.2) is 0 Å². The summed E-state index contributed by atoms with van der Waals surface area (Å²) >= 11 is 0. The van der Waals surface area contributed by atoms with E-state index >= 15 is 0 Å². The van der Waals surface area contributed by atoms with Crippen molar-refractivity contribution in [3.8, 4) is 5.75 Å². The highest BCUT2D eigenvalue weighted by Gasteiger charge is 2.48. The molecule has 4 heteroatoms. The molecule has 0 unspecified atom stereocenters. The summed E-state index contributed by atoms with van der Waals surface area (Å²) in [4.78, 5) is 12.1. The quantitative estimate of drug-likeness (QED) is 0.735. The second-order valence-corrected chi connectivity index (χ2v) is 4.37. The Morgan fingerprint density at radius 2 is 2.31 bits per heavy atom. The Labute approximate surface area is 94.0 Å². The number of methoxy groups -OCH3 is 1. The van der Waals surface area contributed by atoms with Crippen LogP contribution in [-0.4, -0.2) is 26.1 Å². The van der Waals surface area contributed by atoms with Gasteiger partial charge in [-0.1, -0.05) is 0 Å². The molecule has 0 saturated carbocycles. The molecular formula is C12H14N2O2. The average molecular weight is 218 g/mol. The first-order chi connectivity index (χ1) is 7.76. The van der Waals surface area contributed by atoms with E-state index in [1.54, 1.807) is 7.11 Å². The zero-order valence-electron chi connectivity index (χ0n) is 9.17. The van der Waals surface area contributed by atoms with E-state index in [9.17, 15) is 4.79 Å². The molecule has 2 aliphatic heterocycles. The van der Waals surface area contributed by atoms with Crippen molar-refractivity contribution in [3.63, 3.8) is 0 Å². The lowest BCUT2D eigenvalue weighted by Crippen LogP contribution is -2.36. The number of hydrogen-bond donors (Lipinski definition) is 2. The molecule has 2 N–H and O–H groups in total. The number of ether oxygens (including phenoxy) is 1. The third kappa shape index (κ3) is 1.10. The molecule has 1 aromatic rings. The summed E-state index contributed by atoms with van der Waals surface area (Å²) < 4.78 is 5.22. The van der Waals surface area contributed by atoms with E-state index in [0.29, 0.717) is 0 Å². The van der Waals surface area contributed by atoms with E-state index < -0.39 is 0 Å². The molecule has 84 valence electrons. The van der Waals surface area contributed by atoms with Crippen molar-refractivity contribution >= 4 is 11.6 Å². The van der Waals surface area contributed by atoms with Crippen molar-refractivity contribution in [3.05, 3.63) is 23.8 Å². The Morgan fingerprint density at radius 3 is 3.00 bits per heavy atom. The average Bonchev–Trinajstić information content (AvgIpc) is 2.88. The summed E-state index contributed by atoms with van der Waals surface area (Å²) in [6.07, 6.45) is 0.860. The van der Waals surface area contributed by atoms with Crippen LogP contribution in [0.4, 0.5) is 5.69 Å². The number of fused-ring (bicyclic) bond motifs is 2. The van der Waals surface area contributed by atoms with Gasteiger partial charge >= 0.3 is 0 Å². The first kappa shape index (κ1) is 9.66. The van der Waals surface area contributed by atoms with E-state index in [4.69, 9.17) is 4.74 Å². The van der Waals surface area contributed by atoms with Crippen molar-refractivity contribution in [2.24, 2.45) is 0 Å². The van der Waals surface area contributed by atoms with Gasteiger partial charge in [-0.15, -0.1) is 0 Å². The second kappa shape index (κ2) is 3.22. The summed E-state index contributed by atoms with van der Waals surface area (Å²) in [6.45, 7) is 1.61. The van der Waals surface area contributed by atoms with Gasteiger partial charge in [0.2, 0.25) is 5.91 Å². The fourth-order valence-electron chi connectivity index (χ4n) is 2.64. The Kier molecular flexibility index (Phi) is 1.94. The maximum atomic E-state index is 12.1. The van der Waals surface area contributed by atoms with E-state index in [2.05, 4.69) is 10.6 Å². The van der Waals surface area contributed by atoms with Crippen LogP contribution in [0.25, 0.3) is 0 Å². The number of hydrogen-bond acceptors (Lipinski definition) is 3. The van der Waals surface area contributed by atoms with Crippen LogP contribution in [0, 0.1) is 0 Å². The van der Waals surface area contributed by atoms with Crippen LogP contribution >= 0.6 is 0 Å². The topological polar surface area (TPSA) is 50.4 Å². The monoisotopic (exact) mass is 218 g/mol. The van der Waals surface area contributed by atoms with E-state index in [1.807, 2.05) is 18.2 Å². The third-order valence-corrected chi connectivity index (χ3v) is 3.58. The Balaban J connectivity index is 2.14. The van der Waals surface area contributed by atoms with Gasteiger partial charge in [0.25, 0.3) is 0 Å². The van der Waals surface area contributed by atoms with Gasteiger partial charge in [-0.3, -0.25) is 4.79 Å². The third-order valence-electron chi connectivity index (χ3n) is 3.58. The van der Waals surface area contributed by atoms with E-state index in [0.717, 1.165) is 36.5 Å². The first-order valence-electron chi connectivity index (χ1n) is 5.47. The molecule has 3 rings (SSSR count). The Morgan fingerprint density at radius 1 is 1.44 bits per heavy atom. The molecule has 0 aliphatic carbocycles. The molecule has 1 spiro atoms. The Hall–Kier alpha value is -1.55. The maximum absolute atomic E-state index is 12.1. The molecule has 1 aromatic carbocycles. The van der Waals surface area contributed by atoms with Gasteiger partial charge in [-0.25, -0.2) is 0 Å². The smallest absolute Gasteiger partial charge is 0.236 e. The summed E-state index contributed by atoms with van der Waals surface area (Å²) in [5.41, 5.74) is 1.63. The van der Waals surface area contributed by atoms with Crippen molar-refractivity contribution in [1.29, 1.82) is 0 Å². The summed E-state index contributed by atoms with van der Waals surface area (Å²) in [5, 5.41) is 6.21. The largest absolute Gasteiger partial charge is 0.497 e. The standard InChI is InChI=1S/C12H14N2O2/c1-16-8-2-3-10-9(6-8)12(11(15)14-10)4-5-13-7-12/h2-3,6,13H,4-5,7H2,1H3,(H,14,15)/t12-/m1/s1.